The van der Waals surface area contributed by atoms with Gasteiger partial charge < -0.3 is 11.1 Å². The molecule has 0 aliphatic heterocycles. The topological polar surface area (TPSA) is 98.2 Å². The van der Waals surface area contributed by atoms with E-state index >= 15 is 0 Å². The Hall–Kier alpha value is -1.49. The number of hydrogen-bond acceptors (Lipinski definition) is 7. The van der Waals surface area contributed by atoms with Crippen LogP contribution in [0.1, 0.15) is 25.1 Å². The van der Waals surface area contributed by atoms with E-state index in [4.69, 9.17) is 5.73 Å². The van der Waals surface area contributed by atoms with Crippen molar-refractivity contribution in [1.82, 2.24) is 19.8 Å². The number of thioether (sulfide) groups is 1. The highest BCUT2D eigenvalue weighted by molar-refractivity contribution is 9.10. The molecule has 3 aromatic rings. The zero-order valence-corrected chi connectivity index (χ0v) is 17.2. The van der Waals surface area contributed by atoms with E-state index < -0.39 is 0 Å². The number of aromatic nitrogens is 4. The fourth-order valence-corrected chi connectivity index (χ4v) is 4.28. The predicted molar refractivity (Wildman–Crippen MR) is 109 cm³/mol. The molecule has 0 atom stereocenters. The molecule has 0 spiro atoms. The average Bonchev–Trinajstić information content (AvgIpc) is 3.20. The minimum atomic E-state index is -0.0645. The van der Waals surface area contributed by atoms with Gasteiger partial charge in [-0.1, -0.05) is 45.4 Å². The number of aryl methyl sites for hydroxylation is 1. The Morgan fingerprint density at radius 2 is 2.04 bits per heavy atom. The highest BCUT2D eigenvalue weighted by Gasteiger charge is 2.13. The van der Waals surface area contributed by atoms with Crippen molar-refractivity contribution in [2.45, 2.75) is 30.0 Å². The molecule has 0 saturated carbocycles. The lowest BCUT2D eigenvalue weighted by molar-refractivity contribution is -0.113. The predicted octanol–water partition coefficient (Wildman–Crippen LogP) is 3.35. The third-order valence-electron chi connectivity index (χ3n) is 3.60. The van der Waals surface area contributed by atoms with Crippen molar-refractivity contribution in [1.29, 1.82) is 0 Å². The third kappa shape index (κ3) is 5.26. The number of amides is 1. The van der Waals surface area contributed by atoms with Crippen LogP contribution in [0.5, 0.6) is 0 Å². The second-order valence-corrected chi connectivity index (χ2v) is 8.72. The second-order valence-electron chi connectivity index (χ2n) is 5.62. The molecule has 7 nitrogen and oxygen atoms in total. The summed E-state index contributed by atoms with van der Waals surface area (Å²) >= 11 is 6.22. The molecule has 0 saturated heterocycles. The Bertz CT molecular complexity index is 863. The maximum atomic E-state index is 12.1. The first-order valence-corrected chi connectivity index (χ1v) is 10.8. The van der Waals surface area contributed by atoms with Crippen molar-refractivity contribution in [2.24, 2.45) is 5.73 Å². The van der Waals surface area contributed by atoms with Crippen LogP contribution in [0.2, 0.25) is 0 Å². The summed E-state index contributed by atoms with van der Waals surface area (Å²) in [4.78, 5) is 12.8. The van der Waals surface area contributed by atoms with Crippen LogP contribution in [0.4, 0.5) is 5.69 Å². The first kappa shape index (κ1) is 19.3. The Morgan fingerprint density at radius 1 is 1.23 bits per heavy atom. The van der Waals surface area contributed by atoms with E-state index in [0.29, 0.717) is 5.75 Å². The van der Waals surface area contributed by atoms with Crippen LogP contribution in [-0.2, 0) is 11.2 Å². The van der Waals surface area contributed by atoms with Gasteiger partial charge >= 0.3 is 0 Å². The third-order valence-corrected chi connectivity index (χ3v) is 6.16. The standard InChI is InChI=1S/C16H19BrN6OS2/c17-11-5-7-12(8-6-11)19-14(24)10-25-16-22-23-13(4-2-1-3-9-18)20-21-15(23)26-16/h5-8H,1-4,9-10,18H2,(H,19,24). The van der Waals surface area contributed by atoms with E-state index in [9.17, 15) is 4.79 Å². The second kappa shape index (κ2) is 9.45. The lowest BCUT2D eigenvalue weighted by Gasteiger charge is -2.03. The number of halogens is 1. The molecule has 10 heteroatoms. The van der Waals surface area contributed by atoms with Gasteiger partial charge in [0.1, 0.15) is 0 Å². The highest BCUT2D eigenvalue weighted by atomic mass is 79.9. The van der Waals surface area contributed by atoms with Gasteiger partial charge in [-0.15, -0.1) is 15.3 Å². The van der Waals surface area contributed by atoms with E-state index in [1.165, 1.54) is 23.1 Å². The number of unbranched alkanes of at least 4 members (excludes halogenated alkanes) is 2. The van der Waals surface area contributed by atoms with Crippen LogP contribution in [0.3, 0.4) is 0 Å². The Kier molecular flexibility index (Phi) is 7.00. The summed E-state index contributed by atoms with van der Waals surface area (Å²) in [5, 5.41) is 15.8. The van der Waals surface area contributed by atoms with Gasteiger partial charge in [0.25, 0.3) is 0 Å². The molecular weight excluding hydrogens is 436 g/mol. The van der Waals surface area contributed by atoms with Crippen LogP contribution in [0.15, 0.2) is 33.1 Å². The van der Waals surface area contributed by atoms with Crippen molar-refractivity contribution in [3.63, 3.8) is 0 Å². The molecule has 0 aliphatic carbocycles. The van der Waals surface area contributed by atoms with E-state index in [2.05, 4.69) is 36.5 Å². The molecular formula is C16H19BrN6OS2. The van der Waals surface area contributed by atoms with Gasteiger partial charge in [0.05, 0.1) is 5.75 Å². The van der Waals surface area contributed by atoms with Crippen molar-refractivity contribution in [2.75, 3.05) is 17.6 Å². The number of hydrogen-bond donors (Lipinski definition) is 2. The molecule has 1 aromatic carbocycles. The highest BCUT2D eigenvalue weighted by Crippen LogP contribution is 2.25. The first-order valence-electron chi connectivity index (χ1n) is 8.25. The maximum Gasteiger partial charge on any atom is 0.235 e. The lowest BCUT2D eigenvalue weighted by atomic mass is 10.2. The van der Waals surface area contributed by atoms with E-state index in [1.807, 2.05) is 24.3 Å². The van der Waals surface area contributed by atoms with Crippen molar-refractivity contribution < 1.29 is 4.79 Å². The summed E-state index contributed by atoms with van der Waals surface area (Å²) in [6, 6.07) is 7.49. The lowest BCUT2D eigenvalue weighted by Crippen LogP contribution is -2.13. The van der Waals surface area contributed by atoms with Crippen molar-refractivity contribution in [3.8, 4) is 0 Å². The Morgan fingerprint density at radius 3 is 2.81 bits per heavy atom. The Labute approximate surface area is 167 Å². The number of fused-ring (bicyclic) bond motifs is 1. The monoisotopic (exact) mass is 454 g/mol. The first-order chi connectivity index (χ1) is 12.7. The van der Waals surface area contributed by atoms with Gasteiger partial charge in [0.2, 0.25) is 10.9 Å². The van der Waals surface area contributed by atoms with Crippen LogP contribution < -0.4 is 11.1 Å². The van der Waals surface area contributed by atoms with Crippen LogP contribution in [0.25, 0.3) is 4.96 Å². The molecule has 3 rings (SSSR count). The summed E-state index contributed by atoms with van der Waals surface area (Å²) in [7, 11) is 0. The number of anilines is 1. The van der Waals surface area contributed by atoms with E-state index in [1.54, 1.807) is 4.52 Å². The van der Waals surface area contributed by atoms with Gasteiger partial charge in [-0.2, -0.15) is 4.52 Å². The summed E-state index contributed by atoms with van der Waals surface area (Å²) in [6.45, 7) is 0.717. The molecule has 2 aromatic heterocycles. The van der Waals surface area contributed by atoms with E-state index in [0.717, 1.165) is 57.5 Å². The van der Waals surface area contributed by atoms with Gasteiger partial charge in [-0.25, -0.2) is 0 Å². The molecule has 0 bridgehead atoms. The molecule has 0 radical (unpaired) electrons. The van der Waals surface area contributed by atoms with Crippen LogP contribution in [0, 0.1) is 0 Å². The van der Waals surface area contributed by atoms with Crippen LogP contribution >= 0.6 is 39.0 Å². The molecule has 0 aliphatic rings. The minimum Gasteiger partial charge on any atom is -0.330 e. The number of benzene rings is 1. The number of nitrogens with two attached hydrogens (primary N) is 1. The molecule has 1 amide bonds. The fourth-order valence-electron chi connectivity index (χ4n) is 2.32. The number of nitrogens with zero attached hydrogens (tertiary/aromatic N) is 4. The maximum absolute atomic E-state index is 12.1. The number of rotatable bonds is 9. The van der Waals surface area contributed by atoms with Crippen molar-refractivity contribution >= 4 is 55.6 Å². The molecule has 138 valence electrons. The van der Waals surface area contributed by atoms with Gasteiger partial charge in [-0.3, -0.25) is 4.79 Å². The SMILES string of the molecule is NCCCCCc1nnc2sc(SCC(=O)Nc3ccc(Br)cc3)nn12. The van der Waals surface area contributed by atoms with Crippen LogP contribution in [-0.4, -0.2) is 38.0 Å². The summed E-state index contributed by atoms with van der Waals surface area (Å²) in [5.74, 6) is 1.09. The van der Waals surface area contributed by atoms with E-state index in [-0.39, 0.29) is 5.91 Å². The molecule has 0 unspecified atom stereocenters. The van der Waals surface area contributed by atoms with Crippen molar-refractivity contribution in [3.05, 3.63) is 34.6 Å². The number of nitrogens with one attached hydrogen (secondary N) is 1. The fraction of sp³-hybridized carbons (Fsp3) is 0.375. The van der Waals surface area contributed by atoms with Gasteiger partial charge in [0, 0.05) is 16.6 Å². The molecule has 0 fully saturated rings. The van der Waals surface area contributed by atoms with Gasteiger partial charge in [-0.05, 0) is 43.7 Å². The summed E-state index contributed by atoms with van der Waals surface area (Å²) < 4.78 is 3.56. The normalized spacial score (nSPS) is 11.2. The average molecular weight is 455 g/mol. The minimum absolute atomic E-state index is 0.0645. The summed E-state index contributed by atoms with van der Waals surface area (Å²) in [5.41, 5.74) is 6.29. The smallest absolute Gasteiger partial charge is 0.235 e. The zero-order chi connectivity index (χ0) is 18.4. The molecule has 3 N–H and O–H groups in total. The molecule has 26 heavy (non-hydrogen) atoms. The Balaban J connectivity index is 1.53. The van der Waals surface area contributed by atoms with Gasteiger partial charge in [0.15, 0.2) is 10.2 Å². The quantitative estimate of drug-likeness (QED) is 0.379. The summed E-state index contributed by atoms with van der Waals surface area (Å²) in [6.07, 6.45) is 3.95. The number of carbonyl (C=O) groups excluding carboxylic acids is 1. The molecule has 2 heterocycles. The largest absolute Gasteiger partial charge is 0.330 e. The number of carbonyl (C=O) groups is 1. The zero-order valence-electron chi connectivity index (χ0n) is 14.0.